The molecule has 0 amide bonds. The van der Waals surface area contributed by atoms with E-state index < -0.39 is 6.10 Å². The molecule has 0 rings (SSSR count). The molecule has 0 radical (unpaired) electrons. The van der Waals surface area contributed by atoms with Gasteiger partial charge in [-0.15, -0.1) is 0 Å². The molecule has 0 saturated heterocycles. The summed E-state index contributed by atoms with van der Waals surface area (Å²) in [6.45, 7) is 6.26. The highest BCUT2D eigenvalue weighted by molar-refractivity contribution is 5.71. The van der Waals surface area contributed by atoms with Crippen LogP contribution in [0.3, 0.4) is 0 Å². The van der Waals surface area contributed by atoms with Crippen molar-refractivity contribution < 1.29 is 28.6 Å². The molecule has 0 saturated carbocycles. The first-order valence-electron chi connectivity index (χ1n) is 24.7. The molecule has 348 valence electrons. The molecule has 0 aromatic rings. The van der Waals surface area contributed by atoms with Gasteiger partial charge in [0.1, 0.15) is 13.2 Å². The average Bonchev–Trinajstić information content (AvgIpc) is 3.27. The second kappa shape index (κ2) is 49.5. The Hall–Kier alpha value is -4.19. The third kappa shape index (κ3) is 46.9. The van der Waals surface area contributed by atoms with Crippen molar-refractivity contribution in [2.45, 2.75) is 200 Å². The Bertz CT molecular complexity index is 1350. The van der Waals surface area contributed by atoms with Crippen molar-refractivity contribution in [2.24, 2.45) is 0 Å². The molecule has 0 aromatic heterocycles. The Labute approximate surface area is 380 Å². The number of esters is 3. The van der Waals surface area contributed by atoms with Gasteiger partial charge >= 0.3 is 17.9 Å². The average molecular weight is 857 g/mol. The standard InChI is InChI=1S/C56H88O6/c1-4-7-10-13-16-19-22-25-27-28-29-32-34-37-40-43-46-49-55(58)61-52-53(51-60-54(57)48-45-42-39-36-33-30-24-21-18-15-12-9-6-3)62-56(59)50-47-44-41-38-35-31-26-23-20-17-14-11-8-5-2/h7,9-10,12-13,15-16,18-19,21-22,24-25,27-29,31-32,34-35,53H,4-6,8,11,14,17,20,23,26,30,33,36-52H2,1-3H3/b10-7-,12-9-,16-13-,18-15-,22-19-,24-21-,27-25-,29-28+,34-32-,35-31-. The molecule has 1 atom stereocenters. The molecule has 0 bridgehead atoms. The van der Waals surface area contributed by atoms with E-state index in [2.05, 4.69) is 75.5 Å². The van der Waals surface area contributed by atoms with E-state index in [1.807, 2.05) is 66.8 Å². The molecule has 1 unspecified atom stereocenters. The van der Waals surface area contributed by atoms with E-state index in [4.69, 9.17) is 14.2 Å². The lowest BCUT2D eigenvalue weighted by molar-refractivity contribution is -0.167. The van der Waals surface area contributed by atoms with Crippen LogP contribution in [0.25, 0.3) is 0 Å². The molecule has 62 heavy (non-hydrogen) atoms. The molecular weight excluding hydrogens is 769 g/mol. The third-order valence-electron chi connectivity index (χ3n) is 9.90. The first-order chi connectivity index (χ1) is 30.5. The van der Waals surface area contributed by atoms with Crippen LogP contribution >= 0.6 is 0 Å². The minimum absolute atomic E-state index is 0.113. The zero-order valence-corrected chi connectivity index (χ0v) is 39.6. The highest BCUT2D eigenvalue weighted by Gasteiger charge is 2.19. The molecule has 6 nitrogen and oxygen atoms in total. The number of allylic oxidation sites excluding steroid dienone is 20. The molecular formula is C56H88O6. The van der Waals surface area contributed by atoms with Crippen molar-refractivity contribution in [1.82, 2.24) is 0 Å². The number of carbonyl (C=O) groups is 3. The van der Waals surface area contributed by atoms with Crippen LogP contribution in [0.2, 0.25) is 0 Å². The Kier molecular flexibility index (Phi) is 46.1. The van der Waals surface area contributed by atoms with Crippen LogP contribution in [-0.4, -0.2) is 37.2 Å². The van der Waals surface area contributed by atoms with E-state index in [9.17, 15) is 14.4 Å². The van der Waals surface area contributed by atoms with E-state index >= 15 is 0 Å². The van der Waals surface area contributed by atoms with Gasteiger partial charge in [0.25, 0.3) is 0 Å². The fourth-order valence-electron chi connectivity index (χ4n) is 6.23. The quantitative estimate of drug-likeness (QED) is 0.0200. The van der Waals surface area contributed by atoms with Crippen molar-refractivity contribution >= 4 is 17.9 Å². The second-order valence-electron chi connectivity index (χ2n) is 15.8. The lowest BCUT2D eigenvalue weighted by Gasteiger charge is -2.18. The highest BCUT2D eigenvalue weighted by Crippen LogP contribution is 2.12. The summed E-state index contributed by atoms with van der Waals surface area (Å²) in [4.78, 5) is 37.9. The lowest BCUT2D eigenvalue weighted by atomic mass is 10.1. The molecule has 0 N–H and O–H groups in total. The van der Waals surface area contributed by atoms with Crippen molar-refractivity contribution in [2.75, 3.05) is 13.2 Å². The van der Waals surface area contributed by atoms with Crippen molar-refractivity contribution in [3.8, 4) is 0 Å². The molecule has 0 aliphatic heterocycles. The van der Waals surface area contributed by atoms with Crippen molar-refractivity contribution in [3.63, 3.8) is 0 Å². The zero-order valence-electron chi connectivity index (χ0n) is 39.6. The van der Waals surface area contributed by atoms with Crippen LogP contribution in [0.15, 0.2) is 122 Å². The summed E-state index contributed by atoms with van der Waals surface area (Å²) in [7, 11) is 0. The molecule has 6 heteroatoms. The van der Waals surface area contributed by atoms with Gasteiger partial charge in [0.15, 0.2) is 6.10 Å². The summed E-state index contributed by atoms with van der Waals surface area (Å²) in [5.74, 6) is -1.00. The third-order valence-corrected chi connectivity index (χ3v) is 9.90. The minimum Gasteiger partial charge on any atom is -0.462 e. The molecule has 0 aliphatic rings. The SMILES string of the molecule is CC\C=C/C=C\C=C/C=C\C=C\C=C/CCCCCC(=O)OCC(COC(=O)CCCCCCC\C=C/C=C\C=C/CC)OC(=O)CCCCC/C=C\CCCCCCCCC. The van der Waals surface area contributed by atoms with Gasteiger partial charge in [-0.3, -0.25) is 14.4 Å². The van der Waals surface area contributed by atoms with Gasteiger partial charge in [-0.25, -0.2) is 0 Å². The van der Waals surface area contributed by atoms with Crippen LogP contribution in [0.4, 0.5) is 0 Å². The summed E-state index contributed by atoms with van der Waals surface area (Å²) in [6.07, 6.45) is 67.5. The van der Waals surface area contributed by atoms with Crippen LogP contribution < -0.4 is 0 Å². The van der Waals surface area contributed by atoms with Gasteiger partial charge in [-0.05, 0) is 83.5 Å². The molecule has 0 spiro atoms. The smallest absolute Gasteiger partial charge is 0.306 e. The van der Waals surface area contributed by atoms with Crippen LogP contribution in [0.1, 0.15) is 194 Å². The summed E-state index contributed by atoms with van der Waals surface area (Å²) >= 11 is 0. The normalized spacial score (nSPS) is 13.1. The molecule has 0 aliphatic carbocycles. The van der Waals surface area contributed by atoms with E-state index in [0.717, 1.165) is 109 Å². The number of hydrogen-bond acceptors (Lipinski definition) is 6. The first-order valence-corrected chi connectivity index (χ1v) is 24.7. The van der Waals surface area contributed by atoms with Gasteiger partial charge < -0.3 is 14.2 Å². The predicted octanol–water partition coefficient (Wildman–Crippen LogP) is 16.1. The van der Waals surface area contributed by atoms with Crippen LogP contribution in [0, 0.1) is 0 Å². The Morgan fingerprint density at radius 3 is 1.05 bits per heavy atom. The Balaban J connectivity index is 4.56. The topological polar surface area (TPSA) is 78.9 Å². The maximum Gasteiger partial charge on any atom is 0.306 e. The Morgan fingerprint density at radius 1 is 0.339 bits per heavy atom. The van der Waals surface area contributed by atoms with Gasteiger partial charge in [0.05, 0.1) is 0 Å². The fraction of sp³-hybridized carbons (Fsp3) is 0.589. The summed E-state index contributed by atoms with van der Waals surface area (Å²) in [5, 5.41) is 0. The Morgan fingerprint density at radius 2 is 0.645 bits per heavy atom. The number of rotatable bonds is 42. The minimum atomic E-state index is -0.815. The lowest BCUT2D eigenvalue weighted by Crippen LogP contribution is -2.30. The van der Waals surface area contributed by atoms with E-state index in [0.29, 0.717) is 12.8 Å². The number of hydrogen-bond donors (Lipinski definition) is 0. The number of ether oxygens (including phenoxy) is 3. The van der Waals surface area contributed by atoms with Crippen LogP contribution in [0.5, 0.6) is 0 Å². The highest BCUT2D eigenvalue weighted by atomic mass is 16.6. The maximum absolute atomic E-state index is 12.8. The number of unbranched alkanes of at least 4 members (excludes halogenated alkanes) is 18. The fourth-order valence-corrected chi connectivity index (χ4v) is 6.23. The van der Waals surface area contributed by atoms with Gasteiger partial charge in [0, 0.05) is 19.3 Å². The molecule has 0 aromatic carbocycles. The maximum atomic E-state index is 12.8. The van der Waals surface area contributed by atoms with Gasteiger partial charge in [-0.2, -0.15) is 0 Å². The molecule has 0 heterocycles. The van der Waals surface area contributed by atoms with E-state index in [-0.39, 0.29) is 37.5 Å². The summed E-state index contributed by atoms with van der Waals surface area (Å²) in [6, 6.07) is 0. The zero-order chi connectivity index (χ0) is 45.1. The molecule has 0 fully saturated rings. The van der Waals surface area contributed by atoms with E-state index in [1.165, 1.54) is 44.9 Å². The van der Waals surface area contributed by atoms with Gasteiger partial charge in [-0.1, -0.05) is 213 Å². The first kappa shape index (κ1) is 57.8. The van der Waals surface area contributed by atoms with Crippen LogP contribution in [-0.2, 0) is 28.6 Å². The number of carbonyl (C=O) groups excluding carboxylic acids is 3. The summed E-state index contributed by atoms with van der Waals surface area (Å²) < 4.78 is 16.7. The largest absolute Gasteiger partial charge is 0.462 e. The van der Waals surface area contributed by atoms with Crippen molar-refractivity contribution in [1.29, 1.82) is 0 Å². The second-order valence-corrected chi connectivity index (χ2v) is 15.8. The van der Waals surface area contributed by atoms with Crippen molar-refractivity contribution in [3.05, 3.63) is 122 Å². The predicted molar refractivity (Wildman–Crippen MR) is 265 cm³/mol. The van der Waals surface area contributed by atoms with E-state index in [1.54, 1.807) is 0 Å². The van der Waals surface area contributed by atoms with Gasteiger partial charge in [0.2, 0.25) is 0 Å². The monoisotopic (exact) mass is 857 g/mol. The summed E-state index contributed by atoms with van der Waals surface area (Å²) in [5.41, 5.74) is 0.